The highest BCUT2D eigenvalue weighted by atomic mass is 19.4. The molecule has 0 radical (unpaired) electrons. The third-order valence-corrected chi connectivity index (χ3v) is 3.37. The van der Waals surface area contributed by atoms with Crippen LogP contribution in [0.25, 0.3) is 0 Å². The zero-order valence-electron chi connectivity index (χ0n) is 11.8. The number of likely N-dealkylation sites (N-methyl/N-ethyl adjacent to an activating group) is 1. The lowest BCUT2D eigenvalue weighted by atomic mass is 9.98. The second kappa shape index (κ2) is 6.76. The van der Waals surface area contributed by atoms with E-state index in [2.05, 4.69) is 5.32 Å². The van der Waals surface area contributed by atoms with Gasteiger partial charge in [-0.1, -0.05) is 49.4 Å². The quantitative estimate of drug-likeness (QED) is 0.849. The molecule has 112 valence electrons. The predicted molar refractivity (Wildman–Crippen MR) is 78.0 cm³/mol. The summed E-state index contributed by atoms with van der Waals surface area (Å²) in [5.74, 6) is 0. The number of nitrogens with one attached hydrogen (secondary N) is 1. The minimum Gasteiger partial charge on any atom is -0.310 e. The van der Waals surface area contributed by atoms with E-state index in [0.717, 1.165) is 36.2 Å². The highest BCUT2D eigenvalue weighted by Crippen LogP contribution is 2.30. The van der Waals surface area contributed by atoms with E-state index in [1.54, 1.807) is 12.1 Å². The van der Waals surface area contributed by atoms with E-state index in [9.17, 15) is 13.2 Å². The Morgan fingerprint density at radius 3 is 2.10 bits per heavy atom. The average molecular weight is 293 g/mol. The van der Waals surface area contributed by atoms with Gasteiger partial charge >= 0.3 is 6.18 Å². The van der Waals surface area contributed by atoms with Gasteiger partial charge in [0.1, 0.15) is 0 Å². The molecule has 1 atom stereocenters. The van der Waals surface area contributed by atoms with Crippen molar-refractivity contribution in [3.63, 3.8) is 0 Å². The van der Waals surface area contributed by atoms with Crippen LogP contribution in [0.1, 0.15) is 29.7 Å². The summed E-state index contributed by atoms with van der Waals surface area (Å²) < 4.78 is 37.8. The molecule has 0 aromatic heterocycles. The molecule has 0 aliphatic rings. The molecule has 1 nitrogen and oxygen atoms in total. The van der Waals surface area contributed by atoms with E-state index >= 15 is 0 Å². The van der Waals surface area contributed by atoms with Crippen LogP contribution in [0.15, 0.2) is 54.6 Å². The maximum absolute atomic E-state index is 12.6. The van der Waals surface area contributed by atoms with Crippen LogP contribution in [0.4, 0.5) is 13.2 Å². The maximum atomic E-state index is 12.6. The molecule has 2 rings (SSSR count). The number of rotatable bonds is 5. The molecular formula is C17H18F3N. The van der Waals surface area contributed by atoms with Crippen LogP contribution in [0.2, 0.25) is 0 Å². The predicted octanol–water partition coefficient (Wildman–Crippen LogP) is 4.60. The summed E-state index contributed by atoms with van der Waals surface area (Å²) in [6, 6.07) is 15.3. The molecule has 0 saturated heterocycles. The van der Waals surface area contributed by atoms with Crippen molar-refractivity contribution in [2.24, 2.45) is 0 Å². The molecule has 0 amide bonds. The van der Waals surface area contributed by atoms with Crippen molar-refractivity contribution in [2.45, 2.75) is 25.6 Å². The molecule has 2 aromatic rings. The van der Waals surface area contributed by atoms with Crippen molar-refractivity contribution < 1.29 is 13.2 Å². The molecule has 0 aliphatic carbocycles. The van der Waals surface area contributed by atoms with Crippen LogP contribution in [0, 0.1) is 0 Å². The zero-order chi connectivity index (χ0) is 15.3. The molecule has 1 unspecified atom stereocenters. The van der Waals surface area contributed by atoms with Gasteiger partial charge in [-0.25, -0.2) is 0 Å². The fourth-order valence-electron chi connectivity index (χ4n) is 2.31. The first-order chi connectivity index (χ1) is 10.0. The molecule has 0 bridgehead atoms. The van der Waals surface area contributed by atoms with Crippen LogP contribution in [-0.2, 0) is 12.6 Å². The Bertz CT molecular complexity index is 546. The SMILES string of the molecule is CCNC(Cc1ccccc1)c1ccc(C(F)(F)F)cc1. The Balaban J connectivity index is 2.18. The molecule has 0 spiro atoms. The molecule has 0 aliphatic heterocycles. The van der Waals surface area contributed by atoms with Crippen molar-refractivity contribution >= 4 is 0 Å². The number of benzene rings is 2. The van der Waals surface area contributed by atoms with E-state index in [0.29, 0.717) is 0 Å². The lowest BCUT2D eigenvalue weighted by Gasteiger charge is -2.19. The van der Waals surface area contributed by atoms with Crippen molar-refractivity contribution in [3.8, 4) is 0 Å². The Morgan fingerprint density at radius 1 is 0.952 bits per heavy atom. The van der Waals surface area contributed by atoms with Crippen molar-refractivity contribution in [1.82, 2.24) is 5.32 Å². The van der Waals surface area contributed by atoms with Crippen LogP contribution >= 0.6 is 0 Å². The second-order valence-electron chi connectivity index (χ2n) is 4.92. The maximum Gasteiger partial charge on any atom is 0.416 e. The van der Waals surface area contributed by atoms with Gasteiger partial charge in [-0.3, -0.25) is 0 Å². The van der Waals surface area contributed by atoms with E-state index in [-0.39, 0.29) is 6.04 Å². The highest BCUT2D eigenvalue weighted by molar-refractivity contribution is 5.28. The molecule has 2 aromatic carbocycles. The van der Waals surface area contributed by atoms with Crippen molar-refractivity contribution in [1.29, 1.82) is 0 Å². The van der Waals surface area contributed by atoms with Gasteiger partial charge in [0.2, 0.25) is 0 Å². The first-order valence-corrected chi connectivity index (χ1v) is 6.95. The number of hydrogen-bond donors (Lipinski definition) is 1. The van der Waals surface area contributed by atoms with E-state index < -0.39 is 11.7 Å². The summed E-state index contributed by atoms with van der Waals surface area (Å²) in [5.41, 5.74) is 1.42. The average Bonchev–Trinajstić information content (AvgIpc) is 2.47. The molecule has 0 heterocycles. The summed E-state index contributed by atoms with van der Waals surface area (Å²) >= 11 is 0. The van der Waals surface area contributed by atoms with E-state index in [1.165, 1.54) is 0 Å². The topological polar surface area (TPSA) is 12.0 Å². The van der Waals surface area contributed by atoms with Crippen LogP contribution in [0.3, 0.4) is 0 Å². The largest absolute Gasteiger partial charge is 0.416 e. The van der Waals surface area contributed by atoms with E-state index in [1.807, 2.05) is 37.3 Å². The van der Waals surface area contributed by atoms with E-state index in [4.69, 9.17) is 0 Å². The summed E-state index contributed by atoms with van der Waals surface area (Å²) in [5, 5.41) is 3.32. The Morgan fingerprint density at radius 2 is 1.57 bits per heavy atom. The molecule has 0 fully saturated rings. The third kappa shape index (κ3) is 4.33. The highest BCUT2D eigenvalue weighted by Gasteiger charge is 2.30. The van der Waals surface area contributed by atoms with Gasteiger partial charge in [0.25, 0.3) is 0 Å². The Labute approximate surface area is 122 Å². The summed E-state index contributed by atoms with van der Waals surface area (Å²) in [7, 11) is 0. The standard InChI is InChI=1S/C17H18F3N/c1-2-21-16(12-13-6-4-3-5-7-13)14-8-10-15(11-9-14)17(18,19)20/h3-11,16,21H,2,12H2,1H3. The van der Waals surface area contributed by atoms with Crippen LogP contribution < -0.4 is 5.32 Å². The van der Waals surface area contributed by atoms with Crippen molar-refractivity contribution in [2.75, 3.05) is 6.54 Å². The van der Waals surface area contributed by atoms with Gasteiger partial charge in [-0.15, -0.1) is 0 Å². The van der Waals surface area contributed by atoms with Gasteiger partial charge in [-0.05, 0) is 36.2 Å². The van der Waals surface area contributed by atoms with Crippen LogP contribution in [-0.4, -0.2) is 6.54 Å². The smallest absolute Gasteiger partial charge is 0.310 e. The third-order valence-electron chi connectivity index (χ3n) is 3.37. The normalized spacial score (nSPS) is 13.1. The second-order valence-corrected chi connectivity index (χ2v) is 4.92. The lowest BCUT2D eigenvalue weighted by molar-refractivity contribution is -0.137. The number of halogens is 3. The molecule has 0 saturated carbocycles. The van der Waals surface area contributed by atoms with Gasteiger partial charge in [0, 0.05) is 6.04 Å². The lowest BCUT2D eigenvalue weighted by Crippen LogP contribution is -2.23. The first kappa shape index (κ1) is 15.6. The fourth-order valence-corrected chi connectivity index (χ4v) is 2.31. The summed E-state index contributed by atoms with van der Waals surface area (Å²) in [4.78, 5) is 0. The number of alkyl halides is 3. The fraction of sp³-hybridized carbons (Fsp3) is 0.294. The van der Waals surface area contributed by atoms with Crippen molar-refractivity contribution in [3.05, 3.63) is 71.3 Å². The van der Waals surface area contributed by atoms with Gasteiger partial charge < -0.3 is 5.32 Å². The Hall–Kier alpha value is -1.81. The minimum atomic E-state index is -4.29. The van der Waals surface area contributed by atoms with Gasteiger partial charge in [0.05, 0.1) is 5.56 Å². The molecule has 21 heavy (non-hydrogen) atoms. The van der Waals surface area contributed by atoms with Crippen LogP contribution in [0.5, 0.6) is 0 Å². The zero-order valence-corrected chi connectivity index (χ0v) is 11.8. The molecular weight excluding hydrogens is 275 g/mol. The molecule has 1 N–H and O–H groups in total. The molecule has 4 heteroatoms. The summed E-state index contributed by atoms with van der Waals surface area (Å²) in [6.07, 6.45) is -3.54. The minimum absolute atomic E-state index is 0.0136. The Kier molecular flexibility index (Phi) is 5.02. The van der Waals surface area contributed by atoms with Gasteiger partial charge in [0.15, 0.2) is 0 Å². The number of hydrogen-bond acceptors (Lipinski definition) is 1. The summed E-state index contributed by atoms with van der Waals surface area (Å²) in [6.45, 7) is 2.75. The van der Waals surface area contributed by atoms with Gasteiger partial charge in [-0.2, -0.15) is 13.2 Å². The first-order valence-electron chi connectivity index (χ1n) is 6.95. The monoisotopic (exact) mass is 293 g/mol.